The minimum Gasteiger partial charge on any atom is -0.339 e. The minimum absolute atomic E-state index is 0.00953. The van der Waals surface area contributed by atoms with Gasteiger partial charge in [-0.05, 0) is 53.9 Å². The summed E-state index contributed by atoms with van der Waals surface area (Å²) in [6.45, 7) is 5.61. The molecule has 2 heterocycles. The van der Waals surface area contributed by atoms with Crippen molar-refractivity contribution in [1.29, 1.82) is 5.26 Å². The summed E-state index contributed by atoms with van der Waals surface area (Å²) in [5, 5.41) is 12.9. The van der Waals surface area contributed by atoms with Crippen molar-refractivity contribution in [1.82, 2.24) is 9.80 Å². The highest BCUT2D eigenvalue weighted by Gasteiger charge is 2.33. The van der Waals surface area contributed by atoms with Gasteiger partial charge in [0.15, 0.2) is 0 Å². The Kier molecular flexibility index (Phi) is 8.02. The zero-order chi connectivity index (χ0) is 25.8. The number of carbonyl (C=O) groups is 2. The van der Waals surface area contributed by atoms with E-state index in [2.05, 4.69) is 6.07 Å². The number of halogens is 2. The van der Waals surface area contributed by atoms with Crippen LogP contribution in [-0.4, -0.2) is 47.8 Å². The van der Waals surface area contributed by atoms with Crippen LogP contribution < -0.4 is 4.90 Å². The molecule has 1 saturated heterocycles. The second-order valence-electron chi connectivity index (χ2n) is 9.01. The SMILES string of the molecule is CC(C)CC(=O)N1CCN(C(=O)C(C#N)=C2SC=C(c3ccc(F)cc3)N2c2cccc(Cl)c2)CC1. The van der Waals surface area contributed by atoms with Crippen LogP contribution in [0.5, 0.6) is 0 Å². The maximum atomic E-state index is 13.6. The van der Waals surface area contributed by atoms with Crippen molar-refractivity contribution in [2.75, 3.05) is 31.1 Å². The van der Waals surface area contributed by atoms with Crippen LogP contribution in [0.3, 0.4) is 0 Å². The van der Waals surface area contributed by atoms with E-state index in [0.717, 1.165) is 5.56 Å². The molecule has 0 aliphatic carbocycles. The topological polar surface area (TPSA) is 67.6 Å². The monoisotopic (exact) mass is 524 g/mol. The number of anilines is 1. The van der Waals surface area contributed by atoms with Crippen molar-refractivity contribution in [2.45, 2.75) is 20.3 Å². The Morgan fingerprint density at radius 3 is 2.36 bits per heavy atom. The first-order chi connectivity index (χ1) is 17.3. The van der Waals surface area contributed by atoms with Crippen LogP contribution in [0.2, 0.25) is 5.02 Å². The molecule has 0 saturated carbocycles. The number of nitriles is 1. The first-order valence-corrected chi connectivity index (χ1v) is 12.9. The molecule has 2 aliphatic rings. The van der Waals surface area contributed by atoms with Gasteiger partial charge in [0, 0.05) is 48.7 Å². The lowest BCUT2D eigenvalue weighted by Crippen LogP contribution is -2.51. The minimum atomic E-state index is -0.378. The van der Waals surface area contributed by atoms with E-state index in [-0.39, 0.29) is 29.1 Å². The number of rotatable bonds is 5. The normalized spacial score (nSPS) is 17.2. The van der Waals surface area contributed by atoms with Crippen LogP contribution in [-0.2, 0) is 9.59 Å². The molecule has 0 unspecified atom stereocenters. The summed E-state index contributed by atoms with van der Waals surface area (Å²) in [4.78, 5) is 31.1. The quantitative estimate of drug-likeness (QED) is 0.382. The number of thioether (sulfide) groups is 1. The molecule has 0 N–H and O–H groups in total. The van der Waals surface area contributed by atoms with Crippen LogP contribution in [0.1, 0.15) is 25.8 Å². The smallest absolute Gasteiger partial charge is 0.267 e. The predicted molar refractivity (Wildman–Crippen MR) is 141 cm³/mol. The summed E-state index contributed by atoms with van der Waals surface area (Å²) in [5.41, 5.74) is 2.14. The molecule has 0 atom stereocenters. The van der Waals surface area contributed by atoms with Gasteiger partial charge in [-0.15, -0.1) is 0 Å². The third-order valence-corrected chi connectivity index (χ3v) is 7.16. The molecule has 2 aliphatic heterocycles. The van der Waals surface area contributed by atoms with E-state index < -0.39 is 0 Å². The zero-order valence-electron chi connectivity index (χ0n) is 20.1. The summed E-state index contributed by atoms with van der Waals surface area (Å²) in [6, 6.07) is 15.3. The fourth-order valence-electron chi connectivity index (χ4n) is 4.17. The highest BCUT2D eigenvalue weighted by Crippen LogP contribution is 2.45. The summed E-state index contributed by atoms with van der Waals surface area (Å²) < 4.78 is 13.6. The Morgan fingerprint density at radius 2 is 1.75 bits per heavy atom. The lowest BCUT2D eigenvalue weighted by molar-refractivity contribution is -0.138. The standard InChI is InChI=1S/C27H26ClFN4O2S/c1-18(2)14-25(34)31-10-12-32(13-11-31)26(35)23(16-30)27-33(22-5-3-4-20(28)15-22)24(17-36-27)19-6-8-21(29)9-7-19/h3-9,15,17-18H,10-14H2,1-2H3. The first kappa shape index (κ1) is 25.8. The third kappa shape index (κ3) is 5.58. The largest absolute Gasteiger partial charge is 0.339 e. The average Bonchev–Trinajstić information content (AvgIpc) is 3.29. The predicted octanol–water partition coefficient (Wildman–Crippen LogP) is 5.48. The number of amides is 2. The van der Waals surface area contributed by atoms with E-state index in [1.54, 1.807) is 40.1 Å². The molecular formula is C27H26ClFN4O2S. The maximum Gasteiger partial charge on any atom is 0.267 e. The number of hydrogen-bond acceptors (Lipinski definition) is 5. The molecule has 36 heavy (non-hydrogen) atoms. The van der Waals surface area contributed by atoms with E-state index in [0.29, 0.717) is 54.0 Å². The molecule has 2 aromatic rings. The molecule has 0 aromatic heterocycles. The first-order valence-electron chi connectivity index (χ1n) is 11.7. The molecule has 6 nitrogen and oxygen atoms in total. The number of carbonyl (C=O) groups excluding carboxylic acids is 2. The molecular weight excluding hydrogens is 499 g/mol. The number of hydrogen-bond donors (Lipinski definition) is 0. The summed E-state index contributed by atoms with van der Waals surface area (Å²) in [6.07, 6.45) is 0.477. The van der Waals surface area contributed by atoms with Crippen molar-refractivity contribution in [3.63, 3.8) is 0 Å². The van der Waals surface area contributed by atoms with Gasteiger partial charge < -0.3 is 14.7 Å². The molecule has 2 aromatic carbocycles. The van der Waals surface area contributed by atoms with Crippen LogP contribution in [0.25, 0.3) is 5.70 Å². The Balaban J connectivity index is 1.63. The maximum absolute atomic E-state index is 13.6. The molecule has 0 bridgehead atoms. The summed E-state index contributed by atoms with van der Waals surface area (Å²) in [5.74, 6) is -0.375. The lowest BCUT2D eigenvalue weighted by Gasteiger charge is -2.35. The van der Waals surface area contributed by atoms with Crippen LogP contribution in [0.15, 0.2) is 64.5 Å². The molecule has 0 radical (unpaired) electrons. The summed E-state index contributed by atoms with van der Waals surface area (Å²) in [7, 11) is 0. The Bertz CT molecular complexity index is 1260. The molecule has 4 rings (SSSR count). The molecule has 0 spiro atoms. The second-order valence-corrected chi connectivity index (χ2v) is 10.3. The van der Waals surface area contributed by atoms with Gasteiger partial charge in [0.05, 0.1) is 5.70 Å². The van der Waals surface area contributed by atoms with Gasteiger partial charge in [-0.2, -0.15) is 5.26 Å². The van der Waals surface area contributed by atoms with E-state index in [9.17, 15) is 19.2 Å². The van der Waals surface area contributed by atoms with Gasteiger partial charge in [-0.25, -0.2) is 4.39 Å². The number of nitrogens with zero attached hydrogens (tertiary/aromatic N) is 4. The lowest BCUT2D eigenvalue weighted by atomic mass is 10.1. The molecule has 2 amide bonds. The molecule has 9 heteroatoms. The number of benzene rings is 2. The third-order valence-electron chi connectivity index (χ3n) is 5.97. The van der Waals surface area contributed by atoms with Crippen molar-refractivity contribution in [3.8, 4) is 6.07 Å². The van der Waals surface area contributed by atoms with Crippen molar-refractivity contribution in [3.05, 3.63) is 80.9 Å². The fraction of sp³-hybridized carbons (Fsp3) is 0.296. The highest BCUT2D eigenvalue weighted by molar-refractivity contribution is 8.06. The Labute approximate surface area is 219 Å². The van der Waals surface area contributed by atoms with Gasteiger partial charge in [0.25, 0.3) is 5.91 Å². The Morgan fingerprint density at radius 1 is 1.08 bits per heavy atom. The molecule has 1 fully saturated rings. The average molecular weight is 525 g/mol. The van der Waals surface area contributed by atoms with Gasteiger partial charge in [-0.1, -0.05) is 43.3 Å². The fourth-order valence-corrected chi connectivity index (χ4v) is 5.38. The van der Waals surface area contributed by atoms with E-state index >= 15 is 0 Å². The van der Waals surface area contributed by atoms with E-state index in [1.165, 1.54) is 23.9 Å². The van der Waals surface area contributed by atoms with E-state index in [1.807, 2.05) is 30.2 Å². The van der Waals surface area contributed by atoms with Crippen LogP contribution in [0.4, 0.5) is 10.1 Å². The number of piperazine rings is 1. The van der Waals surface area contributed by atoms with Gasteiger partial charge in [-0.3, -0.25) is 9.59 Å². The van der Waals surface area contributed by atoms with Crippen LogP contribution in [0, 0.1) is 23.1 Å². The van der Waals surface area contributed by atoms with E-state index in [4.69, 9.17) is 11.6 Å². The Hall–Kier alpha value is -3.28. The molecule has 186 valence electrons. The second kappa shape index (κ2) is 11.2. The van der Waals surface area contributed by atoms with Gasteiger partial charge >= 0.3 is 0 Å². The van der Waals surface area contributed by atoms with Crippen molar-refractivity contribution in [2.24, 2.45) is 5.92 Å². The highest BCUT2D eigenvalue weighted by atomic mass is 35.5. The van der Waals surface area contributed by atoms with Gasteiger partial charge in [0.1, 0.15) is 22.5 Å². The van der Waals surface area contributed by atoms with Crippen molar-refractivity contribution < 1.29 is 14.0 Å². The van der Waals surface area contributed by atoms with Crippen molar-refractivity contribution >= 4 is 46.6 Å². The van der Waals surface area contributed by atoms with Crippen LogP contribution >= 0.6 is 23.4 Å². The summed E-state index contributed by atoms with van der Waals surface area (Å²) >= 11 is 7.53. The van der Waals surface area contributed by atoms with Gasteiger partial charge in [0.2, 0.25) is 5.91 Å². The zero-order valence-corrected chi connectivity index (χ0v) is 21.7.